The second-order valence-corrected chi connectivity index (χ2v) is 5.74. The monoisotopic (exact) mass is 274 g/mol. The molecule has 0 saturated heterocycles. The van der Waals surface area contributed by atoms with Crippen LogP contribution in [0.5, 0.6) is 0 Å². The molecular weight excluding hydrogens is 260 g/mol. The van der Waals surface area contributed by atoms with Crippen LogP contribution < -0.4 is 0 Å². The molecule has 0 aliphatic carbocycles. The number of halogens is 1. The van der Waals surface area contributed by atoms with Gasteiger partial charge in [0.2, 0.25) is 0 Å². The SMILES string of the molecule is COC(=O)C(C)CS(=O)Cc1ccc(Cl)cc1. The van der Waals surface area contributed by atoms with E-state index in [0.29, 0.717) is 16.5 Å². The minimum Gasteiger partial charge on any atom is -0.469 e. The van der Waals surface area contributed by atoms with Gasteiger partial charge in [0.05, 0.1) is 13.0 Å². The molecule has 0 radical (unpaired) electrons. The van der Waals surface area contributed by atoms with Gasteiger partial charge in [-0.3, -0.25) is 9.00 Å². The number of carbonyl (C=O) groups excluding carboxylic acids is 1. The minimum absolute atomic E-state index is 0.315. The first kappa shape index (κ1) is 14.2. The van der Waals surface area contributed by atoms with Crippen LogP contribution in [-0.4, -0.2) is 23.0 Å². The number of rotatable bonds is 5. The molecule has 1 rings (SSSR count). The van der Waals surface area contributed by atoms with Gasteiger partial charge in [0, 0.05) is 27.3 Å². The Morgan fingerprint density at radius 3 is 2.53 bits per heavy atom. The van der Waals surface area contributed by atoms with Crippen LogP contribution in [0.25, 0.3) is 0 Å². The molecule has 0 amide bonds. The summed E-state index contributed by atoms with van der Waals surface area (Å²) < 4.78 is 16.4. The van der Waals surface area contributed by atoms with Gasteiger partial charge in [-0.1, -0.05) is 30.7 Å². The number of carbonyl (C=O) groups is 1. The molecule has 0 fully saturated rings. The van der Waals surface area contributed by atoms with E-state index in [0.717, 1.165) is 5.56 Å². The summed E-state index contributed by atoms with van der Waals surface area (Å²) >= 11 is 5.76. The lowest BCUT2D eigenvalue weighted by Gasteiger charge is -2.08. The van der Waals surface area contributed by atoms with Crippen molar-refractivity contribution in [3.05, 3.63) is 34.9 Å². The summed E-state index contributed by atoms with van der Waals surface area (Å²) in [4.78, 5) is 11.2. The zero-order chi connectivity index (χ0) is 12.8. The number of benzene rings is 1. The zero-order valence-corrected chi connectivity index (χ0v) is 11.4. The van der Waals surface area contributed by atoms with E-state index in [2.05, 4.69) is 4.74 Å². The second-order valence-electron chi connectivity index (χ2n) is 3.80. The van der Waals surface area contributed by atoms with Gasteiger partial charge in [-0.05, 0) is 17.7 Å². The van der Waals surface area contributed by atoms with Gasteiger partial charge in [0.25, 0.3) is 0 Å². The molecule has 2 atom stereocenters. The average molecular weight is 275 g/mol. The first-order chi connectivity index (χ1) is 8.02. The third-order valence-electron chi connectivity index (χ3n) is 2.28. The van der Waals surface area contributed by atoms with Crippen molar-refractivity contribution in [3.63, 3.8) is 0 Å². The van der Waals surface area contributed by atoms with E-state index >= 15 is 0 Å². The van der Waals surface area contributed by atoms with Crippen molar-refractivity contribution in [3.8, 4) is 0 Å². The molecule has 0 aromatic heterocycles. The maximum atomic E-state index is 11.8. The smallest absolute Gasteiger partial charge is 0.309 e. The first-order valence-electron chi connectivity index (χ1n) is 5.20. The Bertz CT molecular complexity index is 403. The highest BCUT2D eigenvalue weighted by Crippen LogP contribution is 2.12. The van der Waals surface area contributed by atoms with Crippen LogP contribution in [0.3, 0.4) is 0 Å². The second kappa shape index (κ2) is 6.77. The molecule has 1 aromatic carbocycles. The molecule has 0 aliphatic rings. The third kappa shape index (κ3) is 4.88. The average Bonchev–Trinajstić information content (AvgIpc) is 2.30. The predicted octanol–water partition coefficient (Wildman–Crippen LogP) is 2.40. The fraction of sp³-hybridized carbons (Fsp3) is 0.417. The molecule has 1 aromatic rings. The van der Waals surface area contributed by atoms with Crippen molar-refractivity contribution < 1.29 is 13.7 Å². The Labute approximate surface area is 109 Å². The van der Waals surface area contributed by atoms with Crippen molar-refractivity contribution in [2.24, 2.45) is 5.92 Å². The van der Waals surface area contributed by atoms with Crippen LogP contribution >= 0.6 is 11.6 Å². The lowest BCUT2D eigenvalue weighted by molar-refractivity contribution is -0.144. The molecular formula is C12H15ClO3S. The van der Waals surface area contributed by atoms with Crippen molar-refractivity contribution in [2.45, 2.75) is 12.7 Å². The molecule has 0 N–H and O–H groups in total. The summed E-state index contributed by atoms with van der Waals surface area (Å²) in [6, 6.07) is 7.20. The Kier molecular flexibility index (Phi) is 5.65. The number of ether oxygens (including phenoxy) is 1. The largest absolute Gasteiger partial charge is 0.469 e. The summed E-state index contributed by atoms with van der Waals surface area (Å²) in [7, 11) is 0.260. The Hall–Kier alpha value is -0.870. The first-order valence-corrected chi connectivity index (χ1v) is 7.06. The molecule has 0 heterocycles. The molecule has 17 heavy (non-hydrogen) atoms. The number of esters is 1. The maximum Gasteiger partial charge on any atom is 0.309 e. The number of hydrogen-bond donors (Lipinski definition) is 0. The van der Waals surface area contributed by atoms with Crippen molar-refractivity contribution in [1.82, 2.24) is 0 Å². The van der Waals surface area contributed by atoms with Crippen LogP contribution in [0.15, 0.2) is 24.3 Å². The third-order valence-corrected chi connectivity index (χ3v) is 4.06. The highest BCUT2D eigenvalue weighted by atomic mass is 35.5. The number of hydrogen-bond acceptors (Lipinski definition) is 3. The summed E-state index contributed by atoms with van der Waals surface area (Å²) in [6.45, 7) is 1.71. The quantitative estimate of drug-likeness (QED) is 0.775. The summed E-state index contributed by atoms with van der Waals surface area (Å²) in [5, 5.41) is 0.655. The van der Waals surface area contributed by atoms with Crippen LogP contribution in [-0.2, 0) is 26.1 Å². The van der Waals surface area contributed by atoms with Crippen molar-refractivity contribution in [1.29, 1.82) is 0 Å². The van der Waals surface area contributed by atoms with Gasteiger partial charge >= 0.3 is 5.97 Å². The summed E-state index contributed by atoms with van der Waals surface area (Å²) in [5.41, 5.74) is 0.949. The highest BCUT2D eigenvalue weighted by Gasteiger charge is 2.16. The predicted molar refractivity (Wildman–Crippen MR) is 69.3 cm³/mol. The van der Waals surface area contributed by atoms with E-state index < -0.39 is 10.8 Å². The van der Waals surface area contributed by atoms with E-state index in [1.165, 1.54) is 7.11 Å². The van der Waals surface area contributed by atoms with Gasteiger partial charge in [-0.15, -0.1) is 0 Å². The van der Waals surface area contributed by atoms with E-state index in [1.54, 1.807) is 19.1 Å². The standard InChI is InChI=1S/C12H15ClO3S/c1-9(12(14)16-2)7-17(15)8-10-3-5-11(13)6-4-10/h3-6,9H,7-8H2,1-2H3. The van der Waals surface area contributed by atoms with E-state index in [9.17, 15) is 9.00 Å². The lowest BCUT2D eigenvalue weighted by Crippen LogP contribution is -2.20. The lowest BCUT2D eigenvalue weighted by atomic mass is 10.2. The number of methoxy groups -OCH3 is 1. The van der Waals surface area contributed by atoms with Crippen molar-refractivity contribution in [2.75, 3.05) is 12.9 Å². The molecule has 0 spiro atoms. The topological polar surface area (TPSA) is 43.4 Å². The van der Waals surface area contributed by atoms with Gasteiger partial charge in [0.1, 0.15) is 0 Å². The van der Waals surface area contributed by atoms with E-state index in [4.69, 9.17) is 11.6 Å². The van der Waals surface area contributed by atoms with Crippen LogP contribution in [0, 0.1) is 5.92 Å². The van der Waals surface area contributed by atoms with Crippen LogP contribution in [0.4, 0.5) is 0 Å². The fourth-order valence-corrected chi connectivity index (χ4v) is 2.88. The van der Waals surface area contributed by atoms with E-state index in [-0.39, 0.29) is 11.9 Å². The summed E-state index contributed by atoms with van der Waals surface area (Å²) in [6.07, 6.45) is 0. The Morgan fingerprint density at radius 1 is 1.41 bits per heavy atom. The molecule has 94 valence electrons. The fourth-order valence-electron chi connectivity index (χ4n) is 1.37. The zero-order valence-electron chi connectivity index (χ0n) is 9.81. The Morgan fingerprint density at radius 2 is 2.00 bits per heavy atom. The van der Waals surface area contributed by atoms with Gasteiger partial charge in [0.15, 0.2) is 0 Å². The Balaban J connectivity index is 2.50. The van der Waals surface area contributed by atoms with Gasteiger partial charge < -0.3 is 4.74 Å². The van der Waals surface area contributed by atoms with Crippen LogP contribution in [0.2, 0.25) is 5.02 Å². The van der Waals surface area contributed by atoms with Gasteiger partial charge in [-0.25, -0.2) is 0 Å². The minimum atomic E-state index is -1.07. The normalized spacial score (nSPS) is 14.1. The molecule has 0 saturated carbocycles. The summed E-state index contributed by atoms with van der Waals surface area (Å²) in [5.74, 6) is 0.0796. The molecule has 2 unspecified atom stereocenters. The van der Waals surface area contributed by atoms with Crippen LogP contribution in [0.1, 0.15) is 12.5 Å². The highest BCUT2D eigenvalue weighted by molar-refractivity contribution is 7.84. The molecule has 0 bridgehead atoms. The van der Waals surface area contributed by atoms with Gasteiger partial charge in [-0.2, -0.15) is 0 Å². The molecule has 3 nitrogen and oxygen atoms in total. The molecule has 5 heteroatoms. The maximum absolute atomic E-state index is 11.8. The van der Waals surface area contributed by atoms with E-state index in [1.807, 2.05) is 12.1 Å². The van der Waals surface area contributed by atoms with Crippen molar-refractivity contribution >= 4 is 28.4 Å². The molecule has 0 aliphatic heterocycles.